The van der Waals surface area contributed by atoms with Gasteiger partial charge in [0.2, 0.25) is 0 Å². The Bertz CT molecular complexity index is 556. The molecule has 2 aromatic rings. The van der Waals surface area contributed by atoms with Crippen LogP contribution in [0.5, 0.6) is 0 Å². The van der Waals surface area contributed by atoms with Gasteiger partial charge in [0.15, 0.2) is 11.6 Å². The van der Waals surface area contributed by atoms with Crippen LogP contribution < -0.4 is 5.32 Å². The van der Waals surface area contributed by atoms with E-state index in [0.29, 0.717) is 5.56 Å². The van der Waals surface area contributed by atoms with Crippen molar-refractivity contribution in [2.45, 2.75) is 19.9 Å². The summed E-state index contributed by atoms with van der Waals surface area (Å²) in [6.07, 6.45) is 4.48. The van der Waals surface area contributed by atoms with Crippen molar-refractivity contribution in [2.75, 3.05) is 6.54 Å². The molecule has 1 N–H and O–H groups in total. The number of pyridine rings is 1. The first-order valence-electron chi connectivity index (χ1n) is 6.30. The second kappa shape index (κ2) is 6.38. The Balaban J connectivity index is 2.19. The fourth-order valence-electron chi connectivity index (χ4n) is 1.83. The van der Waals surface area contributed by atoms with E-state index in [1.165, 1.54) is 6.07 Å². The molecule has 19 heavy (non-hydrogen) atoms. The van der Waals surface area contributed by atoms with Crippen LogP contribution in [0.15, 0.2) is 36.7 Å². The molecule has 1 aromatic heterocycles. The van der Waals surface area contributed by atoms with Crippen LogP contribution in [0.2, 0.25) is 0 Å². The van der Waals surface area contributed by atoms with Gasteiger partial charge in [0.05, 0.1) is 0 Å². The van der Waals surface area contributed by atoms with Crippen molar-refractivity contribution in [3.8, 4) is 11.1 Å². The summed E-state index contributed by atoms with van der Waals surface area (Å²) in [7, 11) is 0. The first-order valence-corrected chi connectivity index (χ1v) is 6.30. The van der Waals surface area contributed by atoms with E-state index in [-0.39, 0.29) is 0 Å². The Labute approximate surface area is 111 Å². The smallest absolute Gasteiger partial charge is 0.159 e. The van der Waals surface area contributed by atoms with Gasteiger partial charge in [-0.15, -0.1) is 0 Å². The van der Waals surface area contributed by atoms with Crippen LogP contribution in [-0.2, 0) is 6.54 Å². The van der Waals surface area contributed by atoms with Gasteiger partial charge < -0.3 is 5.32 Å². The molecule has 1 aromatic carbocycles. The first-order chi connectivity index (χ1) is 9.20. The van der Waals surface area contributed by atoms with E-state index in [0.717, 1.165) is 36.7 Å². The standard InChI is InChI=1S/C15H16F2N2/c1-2-5-18-8-11-6-13(10-19-9-11)12-3-4-14(16)15(17)7-12/h3-4,6-7,9-10,18H,2,5,8H2,1H3. The SMILES string of the molecule is CCCNCc1cncc(-c2ccc(F)c(F)c2)c1. The zero-order valence-electron chi connectivity index (χ0n) is 10.8. The molecule has 0 saturated carbocycles. The van der Waals surface area contributed by atoms with Crippen molar-refractivity contribution in [2.24, 2.45) is 0 Å². The lowest BCUT2D eigenvalue weighted by molar-refractivity contribution is 0.509. The van der Waals surface area contributed by atoms with Gasteiger partial charge in [-0.2, -0.15) is 0 Å². The van der Waals surface area contributed by atoms with Crippen LogP contribution in [0, 0.1) is 11.6 Å². The van der Waals surface area contributed by atoms with Crippen molar-refractivity contribution < 1.29 is 8.78 Å². The molecule has 0 spiro atoms. The van der Waals surface area contributed by atoms with E-state index in [9.17, 15) is 8.78 Å². The third-order valence-corrected chi connectivity index (χ3v) is 2.80. The van der Waals surface area contributed by atoms with Gasteiger partial charge >= 0.3 is 0 Å². The Kier molecular flexibility index (Phi) is 4.58. The summed E-state index contributed by atoms with van der Waals surface area (Å²) in [5, 5.41) is 3.28. The largest absolute Gasteiger partial charge is 0.313 e. The Morgan fingerprint density at radius 3 is 2.63 bits per heavy atom. The lowest BCUT2D eigenvalue weighted by atomic mass is 10.1. The van der Waals surface area contributed by atoms with E-state index in [2.05, 4.69) is 17.2 Å². The third-order valence-electron chi connectivity index (χ3n) is 2.80. The van der Waals surface area contributed by atoms with Gasteiger partial charge in [-0.25, -0.2) is 8.78 Å². The van der Waals surface area contributed by atoms with Crippen molar-refractivity contribution in [3.05, 3.63) is 53.9 Å². The predicted octanol–water partition coefficient (Wildman–Crippen LogP) is 3.53. The highest BCUT2D eigenvalue weighted by molar-refractivity contribution is 5.63. The number of nitrogens with one attached hydrogen (secondary N) is 1. The summed E-state index contributed by atoms with van der Waals surface area (Å²) in [4.78, 5) is 4.14. The minimum Gasteiger partial charge on any atom is -0.313 e. The summed E-state index contributed by atoms with van der Waals surface area (Å²) in [6, 6.07) is 5.81. The Morgan fingerprint density at radius 1 is 1.05 bits per heavy atom. The van der Waals surface area contributed by atoms with Crippen molar-refractivity contribution in [3.63, 3.8) is 0 Å². The second-order valence-electron chi connectivity index (χ2n) is 4.39. The summed E-state index contributed by atoms with van der Waals surface area (Å²) in [6.45, 7) is 3.76. The van der Waals surface area contributed by atoms with E-state index in [1.807, 2.05) is 6.07 Å². The highest BCUT2D eigenvalue weighted by Gasteiger charge is 2.05. The molecule has 0 atom stereocenters. The summed E-state index contributed by atoms with van der Waals surface area (Å²) < 4.78 is 26.1. The minimum absolute atomic E-state index is 0.628. The second-order valence-corrected chi connectivity index (χ2v) is 4.39. The molecule has 2 nitrogen and oxygen atoms in total. The fraction of sp³-hybridized carbons (Fsp3) is 0.267. The van der Waals surface area contributed by atoms with Crippen LogP contribution in [0.1, 0.15) is 18.9 Å². The van der Waals surface area contributed by atoms with Crippen molar-refractivity contribution in [1.82, 2.24) is 10.3 Å². The minimum atomic E-state index is -0.841. The number of rotatable bonds is 5. The van der Waals surface area contributed by atoms with Gasteiger partial charge in [0, 0.05) is 24.5 Å². The zero-order valence-corrected chi connectivity index (χ0v) is 10.8. The van der Waals surface area contributed by atoms with Crippen molar-refractivity contribution >= 4 is 0 Å². The molecular weight excluding hydrogens is 246 g/mol. The molecule has 0 amide bonds. The maximum atomic E-state index is 13.2. The van der Waals surface area contributed by atoms with Crippen LogP contribution in [0.4, 0.5) is 8.78 Å². The summed E-state index contributed by atoms with van der Waals surface area (Å²) in [5.41, 5.74) is 2.44. The molecule has 0 unspecified atom stereocenters. The normalized spacial score (nSPS) is 10.7. The highest BCUT2D eigenvalue weighted by atomic mass is 19.2. The lowest BCUT2D eigenvalue weighted by Gasteiger charge is -2.06. The number of nitrogens with zero attached hydrogens (tertiary/aromatic N) is 1. The average Bonchev–Trinajstić information content (AvgIpc) is 2.43. The maximum absolute atomic E-state index is 13.2. The quantitative estimate of drug-likeness (QED) is 0.834. The van der Waals surface area contributed by atoms with E-state index in [1.54, 1.807) is 18.5 Å². The molecule has 100 valence electrons. The average molecular weight is 262 g/mol. The Morgan fingerprint density at radius 2 is 1.89 bits per heavy atom. The van der Waals surface area contributed by atoms with Gasteiger partial charge in [-0.3, -0.25) is 4.98 Å². The van der Waals surface area contributed by atoms with Crippen LogP contribution >= 0.6 is 0 Å². The molecule has 1 heterocycles. The molecular formula is C15H16F2N2. The van der Waals surface area contributed by atoms with Crippen molar-refractivity contribution in [1.29, 1.82) is 0 Å². The topological polar surface area (TPSA) is 24.9 Å². The number of hydrogen-bond acceptors (Lipinski definition) is 2. The van der Waals surface area contributed by atoms with Gasteiger partial charge in [0.25, 0.3) is 0 Å². The van der Waals surface area contributed by atoms with Gasteiger partial charge in [-0.1, -0.05) is 13.0 Å². The van der Waals surface area contributed by atoms with E-state index >= 15 is 0 Å². The zero-order chi connectivity index (χ0) is 13.7. The van der Waals surface area contributed by atoms with Crippen LogP contribution in [-0.4, -0.2) is 11.5 Å². The molecule has 0 aliphatic heterocycles. The predicted molar refractivity (Wildman–Crippen MR) is 71.6 cm³/mol. The fourth-order valence-corrected chi connectivity index (χ4v) is 1.83. The first kappa shape index (κ1) is 13.6. The third kappa shape index (κ3) is 3.58. The van der Waals surface area contributed by atoms with E-state index in [4.69, 9.17) is 0 Å². The highest BCUT2D eigenvalue weighted by Crippen LogP contribution is 2.21. The van der Waals surface area contributed by atoms with Crippen LogP contribution in [0.25, 0.3) is 11.1 Å². The molecule has 4 heteroatoms. The number of benzene rings is 1. The molecule has 0 radical (unpaired) electrons. The molecule has 0 aliphatic carbocycles. The monoisotopic (exact) mass is 262 g/mol. The van der Waals surface area contributed by atoms with E-state index < -0.39 is 11.6 Å². The Hall–Kier alpha value is -1.81. The maximum Gasteiger partial charge on any atom is 0.159 e. The van der Waals surface area contributed by atoms with Gasteiger partial charge in [-0.05, 0) is 42.3 Å². The number of halogens is 2. The summed E-state index contributed by atoms with van der Waals surface area (Å²) in [5.74, 6) is -1.68. The van der Waals surface area contributed by atoms with Gasteiger partial charge in [0.1, 0.15) is 0 Å². The molecule has 0 saturated heterocycles. The molecule has 0 bridgehead atoms. The number of hydrogen-bond donors (Lipinski definition) is 1. The molecule has 2 rings (SSSR count). The number of aromatic nitrogens is 1. The van der Waals surface area contributed by atoms with Crippen LogP contribution in [0.3, 0.4) is 0 Å². The lowest BCUT2D eigenvalue weighted by Crippen LogP contribution is -2.13. The summed E-state index contributed by atoms with van der Waals surface area (Å²) >= 11 is 0. The molecule has 0 aliphatic rings. The molecule has 0 fully saturated rings.